The Morgan fingerprint density at radius 3 is 2.53 bits per heavy atom. The van der Waals surface area contributed by atoms with Crippen molar-refractivity contribution in [1.82, 2.24) is 15.8 Å². The van der Waals surface area contributed by atoms with Gasteiger partial charge in [-0.3, -0.25) is 25.2 Å². The van der Waals surface area contributed by atoms with Gasteiger partial charge in [0.1, 0.15) is 5.75 Å². The van der Waals surface area contributed by atoms with Gasteiger partial charge in [0.15, 0.2) is 0 Å². The first kappa shape index (κ1) is 23.1. The minimum atomic E-state index is -0.354. The largest absolute Gasteiger partial charge is 0.493 e. The molecular weight excluding hydrogens is 408 g/mol. The molecule has 8 nitrogen and oxygen atoms in total. The highest BCUT2D eigenvalue weighted by molar-refractivity contribution is 5.86. The molecule has 0 saturated carbocycles. The maximum atomic E-state index is 12.5. The summed E-state index contributed by atoms with van der Waals surface area (Å²) in [6.07, 6.45) is 1.67. The summed E-state index contributed by atoms with van der Waals surface area (Å²) in [4.78, 5) is 38.7. The smallest absolute Gasteiger partial charge is 0.257 e. The second kappa shape index (κ2) is 11.7. The van der Waals surface area contributed by atoms with Gasteiger partial charge in [-0.15, -0.1) is 0 Å². The number of benzene rings is 2. The monoisotopic (exact) mass is 438 g/mol. The lowest BCUT2D eigenvalue weighted by atomic mass is 9.97. The topological polar surface area (TPSA) is 99.8 Å². The molecule has 0 aromatic heterocycles. The summed E-state index contributed by atoms with van der Waals surface area (Å²) in [5.74, 6) is -0.297. The Labute approximate surface area is 188 Å². The van der Waals surface area contributed by atoms with Crippen LogP contribution >= 0.6 is 0 Å². The summed E-state index contributed by atoms with van der Waals surface area (Å²) < 4.78 is 5.59. The Balaban J connectivity index is 1.36. The molecule has 8 heteroatoms. The van der Waals surface area contributed by atoms with Gasteiger partial charge < -0.3 is 15.0 Å². The second-order valence-corrected chi connectivity index (χ2v) is 7.85. The van der Waals surface area contributed by atoms with Crippen LogP contribution < -0.4 is 20.9 Å². The molecule has 1 saturated heterocycles. The molecule has 0 radical (unpaired) electrons. The lowest BCUT2D eigenvalue weighted by molar-refractivity contribution is -0.137. The molecule has 1 aliphatic heterocycles. The molecule has 1 atom stereocenters. The summed E-state index contributed by atoms with van der Waals surface area (Å²) in [7, 11) is 0. The lowest BCUT2D eigenvalue weighted by Gasteiger charge is -2.32. The van der Waals surface area contributed by atoms with E-state index in [0.717, 1.165) is 23.4 Å². The van der Waals surface area contributed by atoms with E-state index in [1.54, 1.807) is 4.90 Å². The van der Waals surface area contributed by atoms with E-state index < -0.39 is 0 Å². The number of carbonyl (C=O) groups is 3. The highest BCUT2D eigenvalue weighted by atomic mass is 16.5. The molecule has 3 rings (SSSR count). The van der Waals surface area contributed by atoms with E-state index >= 15 is 0 Å². The number of ether oxygens (including phenoxy) is 1. The van der Waals surface area contributed by atoms with Gasteiger partial charge in [-0.05, 0) is 44.0 Å². The van der Waals surface area contributed by atoms with E-state index in [4.69, 9.17) is 4.74 Å². The summed E-state index contributed by atoms with van der Waals surface area (Å²) >= 11 is 0. The van der Waals surface area contributed by atoms with E-state index in [1.807, 2.05) is 61.5 Å². The fourth-order valence-corrected chi connectivity index (χ4v) is 3.48. The van der Waals surface area contributed by atoms with Gasteiger partial charge in [-0.2, -0.15) is 0 Å². The summed E-state index contributed by atoms with van der Waals surface area (Å²) in [6.45, 7) is 3.29. The van der Waals surface area contributed by atoms with E-state index in [1.165, 1.54) is 0 Å². The van der Waals surface area contributed by atoms with E-state index in [0.29, 0.717) is 26.1 Å². The number of aryl methyl sites for hydroxylation is 1. The Morgan fingerprint density at radius 2 is 1.78 bits per heavy atom. The van der Waals surface area contributed by atoms with Gasteiger partial charge >= 0.3 is 0 Å². The number of amides is 3. The van der Waals surface area contributed by atoms with Crippen LogP contribution in [0.3, 0.4) is 0 Å². The van der Waals surface area contributed by atoms with Crippen molar-refractivity contribution in [3.05, 3.63) is 60.2 Å². The number of hydrogen-bond donors (Lipinski definition) is 3. The number of anilines is 1. The van der Waals surface area contributed by atoms with Gasteiger partial charge in [0, 0.05) is 18.8 Å². The summed E-state index contributed by atoms with van der Waals surface area (Å²) in [5.41, 5.74) is 6.88. The van der Waals surface area contributed by atoms with Crippen LogP contribution in [0.2, 0.25) is 0 Å². The SMILES string of the molecule is Cc1ccc(NCC(=O)NNC(=O)C2CCCN(C(=O)CCOc3ccccc3)C2)cc1. The lowest BCUT2D eigenvalue weighted by Crippen LogP contribution is -2.51. The van der Waals surface area contributed by atoms with E-state index in [9.17, 15) is 14.4 Å². The van der Waals surface area contributed by atoms with Crippen LogP contribution in [0.15, 0.2) is 54.6 Å². The van der Waals surface area contributed by atoms with Crippen LogP contribution in [-0.2, 0) is 14.4 Å². The van der Waals surface area contributed by atoms with Crippen LogP contribution in [0.5, 0.6) is 5.75 Å². The van der Waals surface area contributed by atoms with Crippen molar-refractivity contribution in [2.45, 2.75) is 26.2 Å². The maximum absolute atomic E-state index is 12.5. The molecule has 1 heterocycles. The third-order valence-electron chi connectivity index (χ3n) is 5.30. The predicted molar refractivity (Wildman–Crippen MR) is 122 cm³/mol. The first-order valence-electron chi connectivity index (χ1n) is 10.9. The fourth-order valence-electron chi connectivity index (χ4n) is 3.48. The molecule has 0 bridgehead atoms. The normalized spacial score (nSPS) is 15.5. The van der Waals surface area contributed by atoms with Crippen molar-refractivity contribution in [3.8, 4) is 5.75 Å². The van der Waals surface area contributed by atoms with Crippen LogP contribution in [0.25, 0.3) is 0 Å². The zero-order valence-corrected chi connectivity index (χ0v) is 18.3. The Morgan fingerprint density at radius 1 is 1.03 bits per heavy atom. The van der Waals surface area contributed by atoms with Crippen molar-refractivity contribution in [2.75, 3.05) is 31.6 Å². The summed E-state index contributed by atoms with van der Waals surface area (Å²) in [5, 5.41) is 3.00. The molecule has 3 N–H and O–H groups in total. The van der Waals surface area contributed by atoms with Gasteiger partial charge in [0.05, 0.1) is 25.5 Å². The highest BCUT2D eigenvalue weighted by Gasteiger charge is 2.28. The number of nitrogens with one attached hydrogen (secondary N) is 3. The molecule has 1 fully saturated rings. The molecule has 1 unspecified atom stereocenters. The van der Waals surface area contributed by atoms with Crippen molar-refractivity contribution in [3.63, 3.8) is 0 Å². The van der Waals surface area contributed by atoms with Gasteiger partial charge in [0.2, 0.25) is 11.8 Å². The molecule has 1 aliphatic rings. The van der Waals surface area contributed by atoms with Crippen molar-refractivity contribution in [1.29, 1.82) is 0 Å². The average molecular weight is 439 g/mol. The minimum absolute atomic E-state index is 0.0373. The van der Waals surface area contributed by atoms with Crippen molar-refractivity contribution < 1.29 is 19.1 Å². The number of hydrogen-bond acceptors (Lipinski definition) is 5. The highest BCUT2D eigenvalue weighted by Crippen LogP contribution is 2.17. The minimum Gasteiger partial charge on any atom is -0.493 e. The number of piperidine rings is 1. The van der Waals surface area contributed by atoms with Crippen LogP contribution in [0, 0.1) is 12.8 Å². The molecule has 0 aliphatic carbocycles. The average Bonchev–Trinajstić information content (AvgIpc) is 2.83. The Kier molecular flexibility index (Phi) is 8.48. The van der Waals surface area contributed by atoms with E-state index in [-0.39, 0.29) is 36.6 Å². The summed E-state index contributed by atoms with van der Waals surface area (Å²) in [6, 6.07) is 17.0. The van der Waals surface area contributed by atoms with Crippen LogP contribution in [-0.4, -0.2) is 48.9 Å². The molecule has 32 heavy (non-hydrogen) atoms. The quantitative estimate of drug-likeness (QED) is 0.549. The number of para-hydroxylation sites is 1. The van der Waals surface area contributed by atoms with Gasteiger partial charge in [0.25, 0.3) is 5.91 Å². The number of nitrogens with zero attached hydrogens (tertiary/aromatic N) is 1. The van der Waals surface area contributed by atoms with Gasteiger partial charge in [-0.1, -0.05) is 35.9 Å². The molecule has 2 aromatic carbocycles. The molecule has 2 aromatic rings. The fraction of sp³-hybridized carbons (Fsp3) is 0.375. The standard InChI is InChI=1S/C24H30N4O4/c1-18-9-11-20(12-10-18)25-16-22(29)26-27-24(31)19-6-5-14-28(17-19)23(30)13-15-32-21-7-3-2-4-8-21/h2-4,7-12,19,25H,5-6,13-17H2,1H3,(H,26,29)(H,27,31). The Bertz CT molecular complexity index is 902. The third kappa shape index (κ3) is 7.30. The molecule has 3 amide bonds. The van der Waals surface area contributed by atoms with Crippen molar-refractivity contribution in [2.24, 2.45) is 5.92 Å². The zero-order chi connectivity index (χ0) is 22.8. The second-order valence-electron chi connectivity index (χ2n) is 7.85. The zero-order valence-electron chi connectivity index (χ0n) is 18.3. The van der Waals surface area contributed by atoms with E-state index in [2.05, 4.69) is 16.2 Å². The third-order valence-corrected chi connectivity index (χ3v) is 5.30. The molecular formula is C24H30N4O4. The molecule has 170 valence electrons. The van der Waals surface area contributed by atoms with Crippen LogP contribution in [0.4, 0.5) is 5.69 Å². The first-order valence-corrected chi connectivity index (χ1v) is 10.9. The number of hydrazine groups is 1. The number of rotatable bonds is 8. The maximum Gasteiger partial charge on any atom is 0.257 e. The van der Waals surface area contributed by atoms with Crippen LogP contribution in [0.1, 0.15) is 24.8 Å². The molecule has 0 spiro atoms. The first-order chi connectivity index (χ1) is 15.5. The number of likely N-dealkylation sites (tertiary alicyclic amines) is 1. The van der Waals surface area contributed by atoms with Gasteiger partial charge in [-0.25, -0.2) is 0 Å². The number of carbonyl (C=O) groups excluding carboxylic acids is 3. The van der Waals surface area contributed by atoms with Crippen molar-refractivity contribution >= 4 is 23.4 Å². The Hall–Kier alpha value is -3.55. The predicted octanol–water partition coefficient (Wildman–Crippen LogP) is 2.26.